The van der Waals surface area contributed by atoms with Crippen LogP contribution < -0.4 is 10.6 Å². The third-order valence-corrected chi connectivity index (χ3v) is 3.63. The average molecular weight is 261 g/mol. The van der Waals surface area contributed by atoms with Gasteiger partial charge in [-0.3, -0.25) is 4.79 Å². The monoisotopic (exact) mass is 261 g/mol. The van der Waals surface area contributed by atoms with E-state index in [1.54, 1.807) is 0 Å². The molecule has 0 aliphatic carbocycles. The van der Waals surface area contributed by atoms with Crippen LogP contribution in [-0.4, -0.2) is 37.0 Å². The maximum absolute atomic E-state index is 11.8. The predicted molar refractivity (Wildman–Crippen MR) is 78.0 cm³/mol. The van der Waals surface area contributed by atoms with Gasteiger partial charge in [0.1, 0.15) is 0 Å². The van der Waals surface area contributed by atoms with Crippen molar-refractivity contribution in [2.45, 2.75) is 26.3 Å². The molecule has 0 bridgehead atoms. The highest BCUT2D eigenvalue weighted by Crippen LogP contribution is 2.17. The van der Waals surface area contributed by atoms with E-state index in [2.05, 4.69) is 29.2 Å². The van der Waals surface area contributed by atoms with Crippen molar-refractivity contribution in [2.75, 3.05) is 31.1 Å². The van der Waals surface area contributed by atoms with Gasteiger partial charge < -0.3 is 15.5 Å². The Balaban J connectivity index is 1.90. The van der Waals surface area contributed by atoms with Gasteiger partial charge >= 0.3 is 0 Å². The van der Waals surface area contributed by atoms with Crippen LogP contribution in [0.25, 0.3) is 0 Å². The second kappa shape index (κ2) is 6.57. The average Bonchev–Trinajstić information content (AvgIpc) is 2.48. The van der Waals surface area contributed by atoms with E-state index in [1.165, 1.54) is 5.69 Å². The molecule has 0 atom stereocenters. The number of hydrogen-bond donors (Lipinski definition) is 1. The summed E-state index contributed by atoms with van der Waals surface area (Å²) in [6.45, 7) is 6.12. The summed E-state index contributed by atoms with van der Waals surface area (Å²) in [5.74, 6) is 0.292. The molecule has 4 heteroatoms. The van der Waals surface area contributed by atoms with Gasteiger partial charge in [-0.1, -0.05) is 19.1 Å². The number of benzene rings is 1. The molecule has 1 saturated heterocycles. The molecule has 0 spiro atoms. The van der Waals surface area contributed by atoms with Crippen LogP contribution in [0, 0.1) is 0 Å². The number of nitrogens with zero attached hydrogens (tertiary/aromatic N) is 2. The molecule has 1 aromatic carbocycles. The molecule has 1 aliphatic rings. The molecule has 0 unspecified atom stereocenters. The largest absolute Gasteiger partial charge is 0.368 e. The third kappa shape index (κ3) is 3.47. The molecule has 2 rings (SSSR count). The fraction of sp³-hybridized carbons (Fsp3) is 0.533. The molecule has 1 aromatic rings. The molecular weight excluding hydrogens is 238 g/mol. The van der Waals surface area contributed by atoms with Gasteiger partial charge in [-0.15, -0.1) is 0 Å². The van der Waals surface area contributed by atoms with E-state index in [-0.39, 0.29) is 0 Å². The van der Waals surface area contributed by atoms with Crippen molar-refractivity contribution < 1.29 is 4.79 Å². The van der Waals surface area contributed by atoms with Crippen molar-refractivity contribution in [1.82, 2.24) is 4.90 Å². The van der Waals surface area contributed by atoms with Gasteiger partial charge in [-0.2, -0.15) is 0 Å². The lowest BCUT2D eigenvalue weighted by molar-refractivity contribution is -0.131. The first-order chi connectivity index (χ1) is 9.24. The van der Waals surface area contributed by atoms with Crippen molar-refractivity contribution in [3.8, 4) is 0 Å². The number of carbonyl (C=O) groups is 1. The van der Waals surface area contributed by atoms with Crippen molar-refractivity contribution in [1.29, 1.82) is 0 Å². The number of nitrogens with two attached hydrogens (primary N) is 1. The summed E-state index contributed by atoms with van der Waals surface area (Å²) in [4.78, 5) is 16.1. The number of amides is 1. The summed E-state index contributed by atoms with van der Waals surface area (Å²) in [7, 11) is 0. The van der Waals surface area contributed by atoms with E-state index in [4.69, 9.17) is 5.73 Å². The van der Waals surface area contributed by atoms with Crippen LogP contribution in [-0.2, 0) is 11.3 Å². The highest BCUT2D eigenvalue weighted by molar-refractivity contribution is 5.76. The van der Waals surface area contributed by atoms with Gasteiger partial charge in [0.25, 0.3) is 0 Å². The first-order valence-electron chi connectivity index (χ1n) is 7.06. The fourth-order valence-electron chi connectivity index (χ4n) is 2.43. The van der Waals surface area contributed by atoms with Crippen LogP contribution in [0.5, 0.6) is 0 Å². The molecule has 0 saturated carbocycles. The lowest BCUT2D eigenvalue weighted by Gasteiger charge is -2.36. The molecule has 1 heterocycles. The van der Waals surface area contributed by atoms with Gasteiger partial charge in [0.15, 0.2) is 0 Å². The second-order valence-corrected chi connectivity index (χ2v) is 4.99. The van der Waals surface area contributed by atoms with E-state index in [1.807, 2.05) is 11.8 Å². The van der Waals surface area contributed by atoms with Gasteiger partial charge in [-0.05, 0) is 24.1 Å². The zero-order chi connectivity index (χ0) is 13.7. The van der Waals surface area contributed by atoms with Crippen LogP contribution in [0.4, 0.5) is 5.69 Å². The first kappa shape index (κ1) is 13.9. The minimum atomic E-state index is 0.292. The van der Waals surface area contributed by atoms with Crippen molar-refractivity contribution in [2.24, 2.45) is 5.73 Å². The van der Waals surface area contributed by atoms with Crippen molar-refractivity contribution in [3.63, 3.8) is 0 Å². The molecule has 2 N–H and O–H groups in total. The summed E-state index contributed by atoms with van der Waals surface area (Å²) in [6, 6.07) is 8.38. The van der Waals surface area contributed by atoms with Crippen molar-refractivity contribution >= 4 is 11.6 Å². The van der Waals surface area contributed by atoms with Crippen LogP contribution in [0.1, 0.15) is 25.3 Å². The number of carbonyl (C=O) groups excluding carboxylic acids is 1. The topological polar surface area (TPSA) is 49.6 Å². The molecule has 4 nitrogen and oxygen atoms in total. The summed E-state index contributed by atoms with van der Waals surface area (Å²) >= 11 is 0. The fourth-order valence-corrected chi connectivity index (χ4v) is 2.43. The van der Waals surface area contributed by atoms with Crippen LogP contribution in [0.2, 0.25) is 0 Å². The molecule has 1 fully saturated rings. The Labute approximate surface area is 115 Å². The van der Waals surface area contributed by atoms with Gasteiger partial charge in [-0.25, -0.2) is 0 Å². The van der Waals surface area contributed by atoms with E-state index in [0.29, 0.717) is 18.9 Å². The number of hydrogen-bond acceptors (Lipinski definition) is 3. The van der Waals surface area contributed by atoms with Crippen LogP contribution in [0.3, 0.4) is 0 Å². The van der Waals surface area contributed by atoms with Crippen molar-refractivity contribution in [3.05, 3.63) is 29.8 Å². The molecule has 1 amide bonds. The predicted octanol–water partition coefficient (Wildman–Crippen LogP) is 1.59. The maximum Gasteiger partial charge on any atom is 0.222 e. The number of piperazine rings is 1. The summed E-state index contributed by atoms with van der Waals surface area (Å²) in [5, 5.41) is 0. The highest BCUT2D eigenvalue weighted by Gasteiger charge is 2.20. The maximum atomic E-state index is 11.8. The Morgan fingerprint density at radius 2 is 1.79 bits per heavy atom. The Kier molecular flexibility index (Phi) is 4.80. The van der Waals surface area contributed by atoms with Gasteiger partial charge in [0.2, 0.25) is 5.91 Å². The van der Waals surface area contributed by atoms with E-state index in [9.17, 15) is 4.79 Å². The normalized spacial score (nSPS) is 15.7. The minimum absolute atomic E-state index is 0.292. The molecule has 104 valence electrons. The number of anilines is 1. The van der Waals surface area contributed by atoms with E-state index >= 15 is 0 Å². The standard InChI is InChI=1S/C15H23N3O/c1-2-3-15(19)18-10-8-17(9-11-18)14-6-4-13(12-16)5-7-14/h4-7H,2-3,8-12,16H2,1H3. The number of rotatable bonds is 4. The van der Waals surface area contributed by atoms with E-state index in [0.717, 1.165) is 38.2 Å². The molecule has 0 aromatic heterocycles. The van der Waals surface area contributed by atoms with Gasteiger partial charge in [0, 0.05) is 44.8 Å². The highest BCUT2D eigenvalue weighted by atomic mass is 16.2. The molecule has 0 radical (unpaired) electrons. The summed E-state index contributed by atoms with van der Waals surface area (Å²) < 4.78 is 0. The minimum Gasteiger partial charge on any atom is -0.368 e. The second-order valence-electron chi connectivity index (χ2n) is 4.99. The quantitative estimate of drug-likeness (QED) is 0.895. The summed E-state index contributed by atoms with van der Waals surface area (Å²) in [5.41, 5.74) is 7.98. The third-order valence-electron chi connectivity index (χ3n) is 3.63. The lowest BCUT2D eigenvalue weighted by atomic mass is 10.1. The Morgan fingerprint density at radius 1 is 1.16 bits per heavy atom. The zero-order valence-electron chi connectivity index (χ0n) is 11.6. The first-order valence-corrected chi connectivity index (χ1v) is 7.06. The van der Waals surface area contributed by atoms with Gasteiger partial charge in [0.05, 0.1) is 0 Å². The van der Waals surface area contributed by atoms with E-state index < -0.39 is 0 Å². The van der Waals surface area contributed by atoms with Crippen LogP contribution >= 0.6 is 0 Å². The lowest BCUT2D eigenvalue weighted by Crippen LogP contribution is -2.48. The molecule has 1 aliphatic heterocycles. The molecular formula is C15H23N3O. The Morgan fingerprint density at radius 3 is 2.32 bits per heavy atom. The molecule has 19 heavy (non-hydrogen) atoms. The Bertz CT molecular complexity index is 408. The SMILES string of the molecule is CCCC(=O)N1CCN(c2ccc(CN)cc2)CC1. The summed E-state index contributed by atoms with van der Waals surface area (Å²) in [6.07, 6.45) is 1.60. The smallest absolute Gasteiger partial charge is 0.222 e. The zero-order valence-corrected chi connectivity index (χ0v) is 11.6. The Hall–Kier alpha value is -1.55. The van der Waals surface area contributed by atoms with Crippen LogP contribution in [0.15, 0.2) is 24.3 Å².